The Kier molecular flexibility index (Phi) is 6.43. The van der Waals surface area contributed by atoms with E-state index in [-0.39, 0.29) is 5.75 Å². The van der Waals surface area contributed by atoms with Crippen molar-refractivity contribution in [1.82, 2.24) is 14.3 Å². The van der Waals surface area contributed by atoms with E-state index in [0.29, 0.717) is 32.1 Å². The zero-order valence-corrected chi connectivity index (χ0v) is 19.6. The Morgan fingerprint density at radius 1 is 0.844 bits per heavy atom. The molecule has 0 unspecified atom stereocenters. The van der Waals surface area contributed by atoms with E-state index in [1.807, 2.05) is 75.4 Å². The molecule has 1 aliphatic rings. The first kappa shape index (κ1) is 22.2. The summed E-state index contributed by atoms with van der Waals surface area (Å²) in [6.45, 7) is 8.05. The van der Waals surface area contributed by atoms with Gasteiger partial charge in [-0.1, -0.05) is 47.5 Å². The zero-order valence-electron chi connectivity index (χ0n) is 18.7. The Bertz CT molecular complexity index is 1170. The molecule has 1 aliphatic heterocycles. The van der Waals surface area contributed by atoms with Crippen LogP contribution in [0.2, 0.25) is 0 Å². The molecule has 3 aromatic rings. The molecule has 0 amide bonds. The molecule has 2 heterocycles. The van der Waals surface area contributed by atoms with Crippen molar-refractivity contribution in [2.45, 2.75) is 26.5 Å². The van der Waals surface area contributed by atoms with Crippen molar-refractivity contribution >= 4 is 27.5 Å². The van der Waals surface area contributed by atoms with Crippen LogP contribution in [0.4, 0.5) is 17.5 Å². The van der Waals surface area contributed by atoms with E-state index in [4.69, 9.17) is 0 Å². The fourth-order valence-corrected chi connectivity index (χ4v) is 5.23. The minimum atomic E-state index is -3.35. The van der Waals surface area contributed by atoms with Crippen molar-refractivity contribution in [2.24, 2.45) is 0 Å². The van der Waals surface area contributed by atoms with Gasteiger partial charge in [-0.2, -0.15) is 9.29 Å². The Hall–Kier alpha value is -2.97. The summed E-state index contributed by atoms with van der Waals surface area (Å²) in [5, 5.41) is 3.26. The summed E-state index contributed by atoms with van der Waals surface area (Å²) < 4.78 is 27.4. The number of aryl methyl sites for hydroxylation is 3. The van der Waals surface area contributed by atoms with E-state index in [0.717, 1.165) is 28.3 Å². The summed E-state index contributed by atoms with van der Waals surface area (Å²) in [5.74, 6) is 1.38. The monoisotopic (exact) mass is 451 g/mol. The van der Waals surface area contributed by atoms with Gasteiger partial charge < -0.3 is 10.2 Å². The summed E-state index contributed by atoms with van der Waals surface area (Å²) in [7, 11) is -3.35. The van der Waals surface area contributed by atoms with E-state index in [2.05, 4.69) is 20.2 Å². The second-order valence-corrected chi connectivity index (χ2v) is 10.3. The van der Waals surface area contributed by atoms with Gasteiger partial charge in [0.15, 0.2) is 0 Å². The van der Waals surface area contributed by atoms with Gasteiger partial charge in [0.2, 0.25) is 16.0 Å². The molecular formula is C24H29N5O2S. The topological polar surface area (TPSA) is 78.4 Å². The fraction of sp³-hybridized carbons (Fsp3) is 0.333. The number of hydrogen-bond acceptors (Lipinski definition) is 6. The molecule has 0 saturated carbocycles. The van der Waals surface area contributed by atoms with Gasteiger partial charge in [0, 0.05) is 43.6 Å². The Morgan fingerprint density at radius 3 is 2.06 bits per heavy atom. The van der Waals surface area contributed by atoms with Crippen molar-refractivity contribution in [1.29, 1.82) is 0 Å². The van der Waals surface area contributed by atoms with Gasteiger partial charge in [0.25, 0.3) is 0 Å². The molecule has 168 valence electrons. The number of hydrogen-bond donors (Lipinski definition) is 1. The third-order valence-electron chi connectivity index (χ3n) is 5.57. The van der Waals surface area contributed by atoms with E-state index < -0.39 is 10.0 Å². The van der Waals surface area contributed by atoms with Gasteiger partial charge in [-0.15, -0.1) is 0 Å². The Balaban J connectivity index is 1.41. The second-order valence-electron chi connectivity index (χ2n) is 8.31. The molecule has 0 aliphatic carbocycles. The first-order valence-electron chi connectivity index (χ1n) is 10.8. The van der Waals surface area contributed by atoms with Gasteiger partial charge in [0.1, 0.15) is 5.82 Å². The Morgan fingerprint density at radius 2 is 1.44 bits per heavy atom. The summed E-state index contributed by atoms with van der Waals surface area (Å²) in [6.07, 6.45) is 0. The first-order chi connectivity index (χ1) is 15.3. The van der Waals surface area contributed by atoms with Gasteiger partial charge in [-0.25, -0.2) is 13.4 Å². The average Bonchev–Trinajstić information content (AvgIpc) is 2.76. The maximum Gasteiger partial charge on any atom is 0.229 e. The lowest BCUT2D eigenvalue weighted by Gasteiger charge is -2.34. The lowest BCUT2D eigenvalue weighted by atomic mass is 10.2. The van der Waals surface area contributed by atoms with Crippen molar-refractivity contribution < 1.29 is 8.42 Å². The zero-order chi connectivity index (χ0) is 22.7. The summed E-state index contributed by atoms with van der Waals surface area (Å²) >= 11 is 0. The standard InChI is InChI=1S/C24H29N5O2S/c1-18-4-8-21(9-5-18)17-32(30,31)29-14-12-28(13-15-29)23-16-20(3)25-24(27-23)26-22-10-6-19(2)7-11-22/h4-11,16H,12-15,17H2,1-3H3,(H,25,26,27). The van der Waals surface area contributed by atoms with Crippen LogP contribution in [0.3, 0.4) is 0 Å². The van der Waals surface area contributed by atoms with Gasteiger partial charge >= 0.3 is 0 Å². The number of piperazine rings is 1. The lowest BCUT2D eigenvalue weighted by Crippen LogP contribution is -2.49. The molecule has 0 atom stereocenters. The number of benzene rings is 2. The molecule has 1 N–H and O–H groups in total. The number of rotatable bonds is 6. The minimum absolute atomic E-state index is 0.0323. The number of anilines is 3. The molecule has 4 rings (SSSR count). The predicted octanol–water partition coefficient (Wildman–Crippen LogP) is 3.80. The quantitative estimate of drug-likeness (QED) is 0.614. The highest BCUT2D eigenvalue weighted by molar-refractivity contribution is 7.88. The summed E-state index contributed by atoms with van der Waals surface area (Å²) in [5.41, 5.74) is 4.92. The predicted molar refractivity (Wildman–Crippen MR) is 129 cm³/mol. The van der Waals surface area contributed by atoms with Crippen LogP contribution in [0.1, 0.15) is 22.4 Å². The van der Waals surface area contributed by atoms with Crippen LogP contribution in [-0.4, -0.2) is 48.9 Å². The summed E-state index contributed by atoms with van der Waals surface area (Å²) in [6, 6.07) is 17.7. The minimum Gasteiger partial charge on any atom is -0.354 e. The maximum atomic E-state index is 12.9. The van der Waals surface area contributed by atoms with Gasteiger partial charge in [0.05, 0.1) is 5.75 Å². The highest BCUT2D eigenvalue weighted by atomic mass is 32.2. The van der Waals surface area contributed by atoms with Crippen LogP contribution < -0.4 is 10.2 Å². The van der Waals surface area contributed by atoms with Crippen LogP contribution in [0, 0.1) is 20.8 Å². The van der Waals surface area contributed by atoms with E-state index >= 15 is 0 Å². The molecule has 8 heteroatoms. The summed E-state index contributed by atoms with van der Waals surface area (Å²) in [4.78, 5) is 11.3. The number of nitrogens with zero attached hydrogens (tertiary/aromatic N) is 4. The Labute approximate surface area is 190 Å². The molecule has 0 radical (unpaired) electrons. The molecule has 2 aromatic carbocycles. The molecule has 7 nitrogen and oxygen atoms in total. The van der Waals surface area contributed by atoms with Crippen molar-refractivity contribution in [2.75, 3.05) is 36.4 Å². The molecule has 32 heavy (non-hydrogen) atoms. The largest absolute Gasteiger partial charge is 0.354 e. The lowest BCUT2D eigenvalue weighted by molar-refractivity contribution is 0.383. The maximum absolute atomic E-state index is 12.9. The third kappa shape index (κ3) is 5.44. The van der Waals surface area contributed by atoms with Crippen LogP contribution in [0.15, 0.2) is 54.6 Å². The first-order valence-corrected chi connectivity index (χ1v) is 12.4. The van der Waals surface area contributed by atoms with Crippen molar-refractivity contribution in [3.8, 4) is 0 Å². The smallest absolute Gasteiger partial charge is 0.229 e. The second kappa shape index (κ2) is 9.26. The van der Waals surface area contributed by atoms with Crippen LogP contribution in [-0.2, 0) is 15.8 Å². The average molecular weight is 452 g/mol. The molecule has 0 spiro atoms. The van der Waals surface area contributed by atoms with Crippen LogP contribution in [0.5, 0.6) is 0 Å². The van der Waals surface area contributed by atoms with Gasteiger partial charge in [-0.3, -0.25) is 0 Å². The van der Waals surface area contributed by atoms with E-state index in [1.54, 1.807) is 4.31 Å². The van der Waals surface area contributed by atoms with Crippen LogP contribution >= 0.6 is 0 Å². The fourth-order valence-electron chi connectivity index (χ4n) is 3.72. The molecule has 0 bridgehead atoms. The third-order valence-corrected chi connectivity index (χ3v) is 7.42. The number of aromatic nitrogens is 2. The normalized spacial score (nSPS) is 15.0. The SMILES string of the molecule is Cc1ccc(CS(=O)(=O)N2CCN(c3cc(C)nc(Nc4ccc(C)cc4)n3)CC2)cc1. The molecular weight excluding hydrogens is 422 g/mol. The van der Waals surface area contributed by atoms with E-state index in [9.17, 15) is 8.42 Å². The molecule has 1 saturated heterocycles. The van der Waals surface area contributed by atoms with Crippen molar-refractivity contribution in [3.05, 3.63) is 77.0 Å². The van der Waals surface area contributed by atoms with Crippen molar-refractivity contribution in [3.63, 3.8) is 0 Å². The van der Waals surface area contributed by atoms with Gasteiger partial charge in [-0.05, 0) is 38.5 Å². The number of sulfonamides is 1. The van der Waals surface area contributed by atoms with E-state index in [1.165, 1.54) is 5.56 Å². The van der Waals surface area contributed by atoms with Crippen LogP contribution in [0.25, 0.3) is 0 Å². The molecule has 1 aromatic heterocycles. The highest BCUT2D eigenvalue weighted by Gasteiger charge is 2.28. The molecule has 1 fully saturated rings. The highest BCUT2D eigenvalue weighted by Crippen LogP contribution is 2.21. The number of nitrogens with one attached hydrogen (secondary N) is 1.